The summed E-state index contributed by atoms with van der Waals surface area (Å²) in [6, 6.07) is 38.4. The van der Waals surface area contributed by atoms with Gasteiger partial charge in [-0.1, -0.05) is 78.9 Å². The highest BCUT2D eigenvalue weighted by Crippen LogP contribution is 2.42. The van der Waals surface area contributed by atoms with Gasteiger partial charge in [-0.05, 0) is 63.5 Å². The molecule has 1 saturated heterocycles. The van der Waals surface area contributed by atoms with Crippen molar-refractivity contribution in [3.63, 3.8) is 0 Å². The van der Waals surface area contributed by atoms with Crippen LogP contribution in [0.5, 0.6) is 5.75 Å². The smallest absolute Gasteiger partial charge is 0.271 e. The highest BCUT2D eigenvalue weighted by Gasteiger charge is 2.51. The normalized spacial score (nSPS) is 18.0. The Morgan fingerprint density at radius 2 is 1.19 bits per heavy atom. The molecule has 1 aliphatic heterocycles. The number of ether oxygens (including phenoxy) is 1. The zero-order valence-electron chi connectivity index (χ0n) is 17.4. The number of benzene rings is 5. The van der Waals surface area contributed by atoms with Gasteiger partial charge in [0.05, 0.1) is 0 Å². The molecule has 0 N–H and O–H groups in total. The molecule has 0 spiro atoms. The highest BCUT2D eigenvalue weighted by atomic mass is 16.5. The first-order valence-electron chi connectivity index (χ1n) is 10.8. The van der Waals surface area contributed by atoms with E-state index in [0.717, 1.165) is 22.0 Å². The molecular formula is C29H21NO2. The van der Waals surface area contributed by atoms with Gasteiger partial charge in [0.25, 0.3) is 5.91 Å². The average Bonchev–Trinajstić information content (AvgIpc) is 2.85. The predicted octanol–water partition coefficient (Wildman–Crippen LogP) is 6.53. The average molecular weight is 415 g/mol. The van der Waals surface area contributed by atoms with E-state index < -0.39 is 6.10 Å². The maximum atomic E-state index is 13.3. The van der Waals surface area contributed by atoms with E-state index >= 15 is 0 Å². The Hall–Kier alpha value is -4.11. The molecule has 6 rings (SSSR count). The first-order chi connectivity index (χ1) is 15.8. The van der Waals surface area contributed by atoms with Crippen molar-refractivity contribution in [3.8, 4) is 5.75 Å². The van der Waals surface area contributed by atoms with Crippen molar-refractivity contribution in [3.05, 3.63) is 121 Å². The van der Waals surface area contributed by atoms with E-state index in [9.17, 15) is 4.79 Å². The summed E-state index contributed by atoms with van der Waals surface area (Å²) in [7, 11) is 0. The summed E-state index contributed by atoms with van der Waals surface area (Å²) in [4.78, 5) is 15.2. The molecule has 154 valence electrons. The first-order valence-corrected chi connectivity index (χ1v) is 10.8. The number of rotatable bonds is 4. The van der Waals surface area contributed by atoms with Crippen LogP contribution in [0.3, 0.4) is 0 Å². The third-order valence-corrected chi connectivity index (χ3v) is 6.16. The van der Waals surface area contributed by atoms with Crippen molar-refractivity contribution in [1.29, 1.82) is 0 Å². The molecule has 0 saturated carbocycles. The molecule has 1 aliphatic rings. The summed E-state index contributed by atoms with van der Waals surface area (Å²) in [6.45, 7) is 0. The topological polar surface area (TPSA) is 29.5 Å². The second-order valence-electron chi connectivity index (χ2n) is 8.15. The molecule has 5 aromatic carbocycles. The molecule has 3 heteroatoms. The van der Waals surface area contributed by atoms with Crippen LogP contribution in [0.15, 0.2) is 115 Å². The zero-order chi connectivity index (χ0) is 21.5. The van der Waals surface area contributed by atoms with Gasteiger partial charge in [-0.15, -0.1) is 0 Å². The molecule has 0 aromatic heterocycles. The fourth-order valence-corrected chi connectivity index (χ4v) is 4.56. The molecule has 1 heterocycles. The van der Waals surface area contributed by atoms with Crippen LogP contribution in [0.2, 0.25) is 0 Å². The maximum Gasteiger partial charge on any atom is 0.271 e. The second kappa shape index (κ2) is 7.54. The zero-order valence-corrected chi connectivity index (χ0v) is 17.4. The standard InChI is InChI=1S/C29H21NO2/c31-29-28(32-26-13-5-2-6-14-26)27(20-9-3-1-4-10-20)30(29)25-16-15-23-17-21-11-7-8-12-22(21)18-24(23)19-25/h1-19,27-28H/t27-,28+/m1/s1. The van der Waals surface area contributed by atoms with Crippen molar-refractivity contribution in [2.24, 2.45) is 0 Å². The molecule has 0 bridgehead atoms. The molecule has 32 heavy (non-hydrogen) atoms. The fraction of sp³-hybridized carbons (Fsp3) is 0.0690. The van der Waals surface area contributed by atoms with E-state index in [2.05, 4.69) is 54.6 Å². The van der Waals surface area contributed by atoms with Crippen LogP contribution in [0.4, 0.5) is 5.69 Å². The van der Waals surface area contributed by atoms with Gasteiger partial charge in [0.1, 0.15) is 11.8 Å². The molecule has 1 amide bonds. The first kappa shape index (κ1) is 18.6. The molecule has 0 radical (unpaired) electrons. The quantitative estimate of drug-likeness (QED) is 0.247. The van der Waals surface area contributed by atoms with Gasteiger partial charge in [0, 0.05) is 5.69 Å². The summed E-state index contributed by atoms with van der Waals surface area (Å²) in [6.07, 6.45) is -0.549. The monoisotopic (exact) mass is 415 g/mol. The summed E-state index contributed by atoms with van der Waals surface area (Å²) in [5, 5.41) is 4.69. The fourth-order valence-electron chi connectivity index (χ4n) is 4.56. The maximum absolute atomic E-state index is 13.3. The van der Waals surface area contributed by atoms with Crippen LogP contribution in [0.1, 0.15) is 11.6 Å². The third-order valence-electron chi connectivity index (χ3n) is 6.16. The Labute approximate surface area is 186 Å². The summed E-state index contributed by atoms with van der Waals surface area (Å²) in [5.41, 5.74) is 1.95. The van der Waals surface area contributed by atoms with Gasteiger partial charge < -0.3 is 4.74 Å². The second-order valence-corrected chi connectivity index (χ2v) is 8.15. The van der Waals surface area contributed by atoms with Crippen LogP contribution >= 0.6 is 0 Å². The number of β-lactam (4-membered cyclic amide) rings is 1. The Morgan fingerprint density at radius 1 is 0.594 bits per heavy atom. The Kier molecular flexibility index (Phi) is 4.39. The highest BCUT2D eigenvalue weighted by molar-refractivity contribution is 6.07. The van der Waals surface area contributed by atoms with E-state index in [-0.39, 0.29) is 11.9 Å². The van der Waals surface area contributed by atoms with Gasteiger partial charge in [-0.2, -0.15) is 0 Å². The van der Waals surface area contributed by atoms with E-state index in [1.165, 1.54) is 10.8 Å². The van der Waals surface area contributed by atoms with Crippen LogP contribution < -0.4 is 9.64 Å². The van der Waals surface area contributed by atoms with E-state index in [0.29, 0.717) is 5.75 Å². The third kappa shape index (κ3) is 3.10. The number of para-hydroxylation sites is 1. The van der Waals surface area contributed by atoms with Gasteiger partial charge in [0.2, 0.25) is 6.10 Å². The minimum Gasteiger partial charge on any atom is -0.478 e. The summed E-state index contributed by atoms with van der Waals surface area (Å²) in [5.74, 6) is 0.680. The number of carbonyl (C=O) groups excluding carboxylic acids is 1. The van der Waals surface area contributed by atoms with Crippen LogP contribution in [-0.2, 0) is 4.79 Å². The SMILES string of the molecule is O=C1[C@@H](Oc2ccccc2)[C@@H](c2ccccc2)N1c1ccc2cc3ccccc3cc2c1. The molecule has 0 unspecified atom stereocenters. The lowest BCUT2D eigenvalue weighted by molar-refractivity contribution is -0.135. The largest absolute Gasteiger partial charge is 0.478 e. The lowest BCUT2D eigenvalue weighted by Crippen LogP contribution is -2.61. The number of amides is 1. The molecular weight excluding hydrogens is 394 g/mol. The van der Waals surface area contributed by atoms with E-state index in [4.69, 9.17) is 4.74 Å². The minimum atomic E-state index is -0.549. The van der Waals surface area contributed by atoms with E-state index in [1.54, 1.807) is 0 Å². The Balaban J connectivity index is 1.41. The predicted molar refractivity (Wildman–Crippen MR) is 129 cm³/mol. The number of fused-ring (bicyclic) bond motifs is 2. The van der Waals surface area contributed by atoms with Gasteiger partial charge >= 0.3 is 0 Å². The van der Waals surface area contributed by atoms with Crippen molar-refractivity contribution in [2.45, 2.75) is 12.1 Å². The lowest BCUT2D eigenvalue weighted by atomic mass is 9.89. The molecule has 1 fully saturated rings. The van der Waals surface area contributed by atoms with Crippen molar-refractivity contribution < 1.29 is 9.53 Å². The van der Waals surface area contributed by atoms with Crippen LogP contribution in [0, 0.1) is 0 Å². The van der Waals surface area contributed by atoms with Crippen molar-refractivity contribution in [1.82, 2.24) is 0 Å². The molecule has 3 nitrogen and oxygen atoms in total. The molecule has 2 atom stereocenters. The number of hydrogen-bond donors (Lipinski definition) is 0. The van der Waals surface area contributed by atoms with Crippen LogP contribution in [-0.4, -0.2) is 12.0 Å². The number of nitrogens with zero attached hydrogens (tertiary/aromatic N) is 1. The number of hydrogen-bond acceptors (Lipinski definition) is 2. The minimum absolute atomic E-state index is 0.0251. The van der Waals surface area contributed by atoms with Crippen LogP contribution in [0.25, 0.3) is 21.5 Å². The number of anilines is 1. The lowest BCUT2D eigenvalue weighted by Gasteiger charge is -2.46. The van der Waals surface area contributed by atoms with Crippen molar-refractivity contribution in [2.75, 3.05) is 4.90 Å². The molecule has 5 aromatic rings. The van der Waals surface area contributed by atoms with Gasteiger partial charge in [-0.3, -0.25) is 9.69 Å². The van der Waals surface area contributed by atoms with Gasteiger partial charge in [-0.25, -0.2) is 0 Å². The number of carbonyl (C=O) groups is 1. The Bertz CT molecular complexity index is 1430. The Morgan fingerprint density at radius 3 is 1.91 bits per heavy atom. The van der Waals surface area contributed by atoms with Gasteiger partial charge in [0.15, 0.2) is 0 Å². The van der Waals surface area contributed by atoms with E-state index in [1.807, 2.05) is 65.6 Å². The van der Waals surface area contributed by atoms with Crippen molar-refractivity contribution >= 4 is 33.1 Å². The summed E-state index contributed by atoms with van der Waals surface area (Å²) < 4.78 is 6.14. The summed E-state index contributed by atoms with van der Waals surface area (Å²) >= 11 is 0. The molecule has 0 aliphatic carbocycles.